The Morgan fingerprint density at radius 2 is 2.08 bits per heavy atom. The zero-order valence-electron chi connectivity index (χ0n) is 13.9. The molecule has 2 heterocycles. The first kappa shape index (κ1) is 16.4. The molecule has 0 saturated carbocycles. The van der Waals surface area contributed by atoms with Gasteiger partial charge in [0, 0.05) is 25.4 Å². The van der Waals surface area contributed by atoms with Crippen molar-refractivity contribution in [2.75, 3.05) is 13.1 Å². The van der Waals surface area contributed by atoms with Gasteiger partial charge in [-0.1, -0.05) is 30.3 Å². The third-order valence-electron chi connectivity index (χ3n) is 4.61. The van der Waals surface area contributed by atoms with Crippen molar-refractivity contribution in [1.82, 2.24) is 9.88 Å². The molecule has 1 aromatic carbocycles. The quantitative estimate of drug-likeness (QED) is 0.847. The summed E-state index contributed by atoms with van der Waals surface area (Å²) in [5, 5.41) is 0. The van der Waals surface area contributed by atoms with Crippen molar-refractivity contribution in [3.63, 3.8) is 0 Å². The van der Waals surface area contributed by atoms with Gasteiger partial charge >= 0.3 is 0 Å². The van der Waals surface area contributed by atoms with E-state index in [1.165, 1.54) is 12.0 Å². The van der Waals surface area contributed by atoms with E-state index in [9.17, 15) is 9.59 Å². The highest BCUT2D eigenvalue weighted by molar-refractivity contribution is 5.93. The van der Waals surface area contributed by atoms with E-state index in [1.54, 1.807) is 11.8 Å². The molecule has 0 bridgehead atoms. The van der Waals surface area contributed by atoms with E-state index in [1.807, 2.05) is 30.3 Å². The van der Waals surface area contributed by atoms with Gasteiger partial charge in [0.05, 0.1) is 0 Å². The molecule has 1 aliphatic rings. The molecule has 5 nitrogen and oxygen atoms in total. The number of piperidine rings is 1. The van der Waals surface area contributed by atoms with Gasteiger partial charge in [0.25, 0.3) is 5.91 Å². The second-order valence-corrected chi connectivity index (χ2v) is 6.30. The second kappa shape index (κ2) is 7.43. The Hall–Kier alpha value is -2.43. The van der Waals surface area contributed by atoms with E-state index in [2.05, 4.69) is 4.98 Å². The first-order valence-electron chi connectivity index (χ1n) is 8.41. The monoisotopic (exact) mass is 326 g/mol. The van der Waals surface area contributed by atoms with Crippen LogP contribution in [0.15, 0.2) is 41.1 Å². The number of carbonyl (C=O) groups excluding carboxylic acids is 2. The van der Waals surface area contributed by atoms with Crippen molar-refractivity contribution in [3.8, 4) is 0 Å². The molecule has 24 heavy (non-hydrogen) atoms. The van der Waals surface area contributed by atoms with Crippen molar-refractivity contribution >= 4 is 11.7 Å². The summed E-state index contributed by atoms with van der Waals surface area (Å²) in [4.78, 5) is 30.8. The van der Waals surface area contributed by atoms with Crippen LogP contribution in [0.4, 0.5) is 0 Å². The average molecular weight is 326 g/mol. The summed E-state index contributed by atoms with van der Waals surface area (Å²) in [7, 11) is 0. The minimum Gasteiger partial charge on any atom is -0.448 e. The molecule has 0 spiro atoms. The Bertz CT molecular complexity index is 708. The predicted octanol–water partition coefficient (Wildman–Crippen LogP) is 3.04. The van der Waals surface area contributed by atoms with E-state index in [0.717, 1.165) is 19.3 Å². The fourth-order valence-electron chi connectivity index (χ4n) is 3.20. The molecule has 1 aliphatic heterocycles. The zero-order valence-corrected chi connectivity index (χ0v) is 13.9. The highest BCUT2D eigenvalue weighted by Gasteiger charge is 2.30. The van der Waals surface area contributed by atoms with E-state index in [-0.39, 0.29) is 17.6 Å². The molecule has 1 fully saturated rings. The summed E-state index contributed by atoms with van der Waals surface area (Å²) < 4.78 is 5.11. The molecular formula is C19H22N2O3. The van der Waals surface area contributed by atoms with E-state index in [4.69, 9.17) is 4.42 Å². The van der Waals surface area contributed by atoms with Gasteiger partial charge in [-0.3, -0.25) is 9.59 Å². The van der Waals surface area contributed by atoms with Crippen LogP contribution < -0.4 is 0 Å². The van der Waals surface area contributed by atoms with Gasteiger partial charge in [0.2, 0.25) is 0 Å². The van der Waals surface area contributed by atoms with Gasteiger partial charge in [-0.15, -0.1) is 0 Å². The molecule has 1 amide bonds. The van der Waals surface area contributed by atoms with Gasteiger partial charge in [-0.25, -0.2) is 4.98 Å². The Morgan fingerprint density at radius 1 is 1.29 bits per heavy atom. The highest BCUT2D eigenvalue weighted by Crippen LogP contribution is 2.21. The highest BCUT2D eigenvalue weighted by atomic mass is 16.3. The van der Waals surface area contributed by atoms with Crippen molar-refractivity contribution < 1.29 is 14.0 Å². The Labute approximate surface area is 141 Å². The summed E-state index contributed by atoms with van der Waals surface area (Å²) in [6.07, 6.45) is 4.28. The van der Waals surface area contributed by atoms with Crippen LogP contribution in [-0.4, -0.2) is 34.7 Å². The normalized spacial score (nSPS) is 17.7. The number of nitrogens with zero attached hydrogens (tertiary/aromatic N) is 2. The smallest absolute Gasteiger partial charge is 0.276 e. The average Bonchev–Trinajstić information content (AvgIpc) is 3.06. The number of carbonyl (C=O) groups is 2. The number of hydrogen-bond donors (Lipinski definition) is 0. The third kappa shape index (κ3) is 3.72. The van der Waals surface area contributed by atoms with Crippen molar-refractivity contribution in [1.29, 1.82) is 0 Å². The number of rotatable bonds is 5. The molecule has 0 unspecified atom stereocenters. The largest absolute Gasteiger partial charge is 0.448 e. The van der Waals surface area contributed by atoms with E-state index < -0.39 is 0 Å². The summed E-state index contributed by atoms with van der Waals surface area (Å²) in [5.74, 6) is 0.561. The fourth-order valence-corrected chi connectivity index (χ4v) is 3.20. The van der Waals surface area contributed by atoms with Crippen LogP contribution in [0.2, 0.25) is 0 Å². The van der Waals surface area contributed by atoms with Gasteiger partial charge in [-0.05, 0) is 31.7 Å². The number of aromatic nitrogens is 1. The number of likely N-dealkylation sites (tertiary alicyclic amines) is 1. The molecule has 0 aliphatic carbocycles. The topological polar surface area (TPSA) is 63.4 Å². The second-order valence-electron chi connectivity index (χ2n) is 6.30. The Kier molecular flexibility index (Phi) is 5.08. The maximum atomic E-state index is 12.5. The molecule has 0 radical (unpaired) electrons. The van der Waals surface area contributed by atoms with Gasteiger partial charge in [-0.2, -0.15) is 0 Å². The van der Waals surface area contributed by atoms with Crippen molar-refractivity contribution in [2.24, 2.45) is 5.92 Å². The molecule has 126 valence electrons. The SMILES string of the molecule is Cc1ocnc1C(=O)N1CCC[C@@H](C(=O)CCc2ccccc2)C1. The number of amides is 1. The molecule has 1 saturated heterocycles. The molecule has 2 aromatic rings. The lowest BCUT2D eigenvalue weighted by Crippen LogP contribution is -2.42. The summed E-state index contributed by atoms with van der Waals surface area (Å²) in [6.45, 7) is 2.89. The van der Waals surface area contributed by atoms with Crippen LogP contribution in [0.5, 0.6) is 0 Å². The van der Waals surface area contributed by atoms with Crippen molar-refractivity contribution in [2.45, 2.75) is 32.6 Å². The number of ketones is 1. The first-order chi connectivity index (χ1) is 11.6. The first-order valence-corrected chi connectivity index (χ1v) is 8.41. The van der Waals surface area contributed by atoms with Crippen LogP contribution in [0.1, 0.15) is 41.1 Å². The van der Waals surface area contributed by atoms with Gasteiger partial charge < -0.3 is 9.32 Å². The lowest BCUT2D eigenvalue weighted by Gasteiger charge is -2.31. The minimum absolute atomic E-state index is 0.0707. The van der Waals surface area contributed by atoms with Gasteiger partial charge in [0.15, 0.2) is 12.1 Å². The molecule has 1 aromatic heterocycles. The summed E-state index contributed by atoms with van der Waals surface area (Å²) in [5.41, 5.74) is 1.53. The molecule has 0 N–H and O–H groups in total. The van der Waals surface area contributed by atoms with Crippen LogP contribution in [-0.2, 0) is 11.2 Å². The lowest BCUT2D eigenvalue weighted by atomic mass is 9.90. The van der Waals surface area contributed by atoms with E-state index >= 15 is 0 Å². The van der Waals surface area contributed by atoms with Gasteiger partial charge in [0.1, 0.15) is 11.5 Å². The van der Waals surface area contributed by atoms with E-state index in [0.29, 0.717) is 31.0 Å². The standard InChI is InChI=1S/C19H22N2O3/c1-14-18(20-13-24-14)19(23)21-11-5-8-16(12-21)17(22)10-9-15-6-3-2-4-7-15/h2-4,6-7,13,16H,5,8-12H2,1H3/t16-/m1/s1. The Morgan fingerprint density at radius 3 is 2.79 bits per heavy atom. The van der Waals surface area contributed by atoms with Crippen LogP contribution in [0.25, 0.3) is 0 Å². The number of benzene rings is 1. The van der Waals surface area contributed by atoms with Crippen molar-refractivity contribution in [3.05, 3.63) is 53.7 Å². The molecule has 3 rings (SSSR count). The summed E-state index contributed by atoms with van der Waals surface area (Å²) in [6, 6.07) is 10.0. The maximum Gasteiger partial charge on any atom is 0.276 e. The molecular weight excluding hydrogens is 304 g/mol. The fraction of sp³-hybridized carbons (Fsp3) is 0.421. The minimum atomic E-state index is -0.137. The number of oxazole rings is 1. The maximum absolute atomic E-state index is 12.5. The zero-order chi connectivity index (χ0) is 16.9. The number of Topliss-reactive ketones (excluding diaryl/α,β-unsaturated/α-hetero) is 1. The van der Waals surface area contributed by atoms with Crippen LogP contribution >= 0.6 is 0 Å². The third-order valence-corrected chi connectivity index (χ3v) is 4.61. The molecule has 5 heteroatoms. The predicted molar refractivity (Wildman–Crippen MR) is 89.6 cm³/mol. The number of hydrogen-bond acceptors (Lipinski definition) is 4. The lowest BCUT2D eigenvalue weighted by molar-refractivity contribution is -0.124. The van der Waals surface area contributed by atoms with Crippen LogP contribution in [0, 0.1) is 12.8 Å². The van der Waals surface area contributed by atoms with Crippen LogP contribution in [0.3, 0.4) is 0 Å². The Balaban J connectivity index is 1.58. The molecule has 1 atom stereocenters. The number of aryl methyl sites for hydroxylation is 2. The summed E-state index contributed by atoms with van der Waals surface area (Å²) >= 11 is 0.